The molecule has 0 saturated carbocycles. The van der Waals surface area contributed by atoms with Crippen LogP contribution in [0, 0.1) is 0 Å². The largest absolute Gasteiger partial charge is 0.385 e. The Morgan fingerprint density at radius 3 is 2.21 bits per heavy atom. The lowest BCUT2D eigenvalue weighted by molar-refractivity contribution is -0.172. The second-order valence-electron chi connectivity index (χ2n) is 4.12. The fraction of sp³-hybridized carbons (Fsp3) is 0.700. The Kier molecular flexibility index (Phi) is 5.26. The molecule has 0 aliphatic heterocycles. The summed E-state index contributed by atoms with van der Waals surface area (Å²) in [5.41, 5.74) is 0. The summed E-state index contributed by atoms with van der Waals surface area (Å²) in [6, 6.07) is 0. The molecule has 3 nitrogen and oxygen atoms in total. The van der Waals surface area contributed by atoms with Crippen LogP contribution in [-0.4, -0.2) is 27.5 Å². The fourth-order valence-corrected chi connectivity index (χ4v) is 2.34. The minimum Gasteiger partial charge on any atom is -0.385 e. The van der Waals surface area contributed by atoms with Gasteiger partial charge in [0.2, 0.25) is 5.79 Å². The molecule has 4 heteroatoms. The zero-order valence-corrected chi connectivity index (χ0v) is 10.7. The average molecular weight is 216 g/mol. The van der Waals surface area contributed by atoms with E-state index in [-0.39, 0.29) is 0 Å². The van der Waals surface area contributed by atoms with Gasteiger partial charge in [0.25, 0.3) is 0 Å². The van der Waals surface area contributed by atoms with Crippen molar-refractivity contribution in [2.24, 2.45) is 0 Å². The minimum absolute atomic E-state index is 0.466. The maximum atomic E-state index is 11.0. The van der Waals surface area contributed by atoms with E-state index >= 15 is 0 Å². The molecule has 1 atom stereocenters. The van der Waals surface area contributed by atoms with Gasteiger partial charge in [-0.05, 0) is 26.6 Å². The number of allylic oxidation sites excluding steroid dienone is 1. The molecule has 82 valence electrons. The Morgan fingerprint density at radius 2 is 1.93 bits per heavy atom. The number of carbonyl (C=O) groups excluding carboxylic acids is 1. The molecule has 0 saturated heterocycles. The van der Waals surface area contributed by atoms with Crippen molar-refractivity contribution < 1.29 is 14.0 Å². The van der Waals surface area contributed by atoms with E-state index in [0.717, 1.165) is 6.29 Å². The van der Waals surface area contributed by atoms with E-state index in [4.69, 9.17) is 9.16 Å². The monoisotopic (exact) mass is 216 g/mol. The van der Waals surface area contributed by atoms with Crippen LogP contribution in [0.1, 0.15) is 13.3 Å². The summed E-state index contributed by atoms with van der Waals surface area (Å²) in [6.07, 6.45) is 4.96. The third-order valence-electron chi connectivity index (χ3n) is 1.64. The number of carbonyl (C=O) groups is 1. The van der Waals surface area contributed by atoms with Gasteiger partial charge in [-0.15, -0.1) is 0 Å². The number of methoxy groups -OCH3 is 1. The van der Waals surface area contributed by atoms with Crippen LogP contribution in [0.15, 0.2) is 12.2 Å². The van der Waals surface area contributed by atoms with Gasteiger partial charge in [0.15, 0.2) is 14.6 Å². The first-order valence-electron chi connectivity index (χ1n) is 4.72. The normalized spacial score (nSPS) is 16.9. The van der Waals surface area contributed by atoms with Gasteiger partial charge in [0.05, 0.1) is 0 Å². The fourth-order valence-electron chi connectivity index (χ4n) is 1.09. The highest BCUT2D eigenvalue weighted by Gasteiger charge is 2.34. The Labute approximate surface area is 87.2 Å². The summed E-state index contributed by atoms with van der Waals surface area (Å²) in [4.78, 5) is 11.0. The molecule has 0 fully saturated rings. The van der Waals surface area contributed by atoms with Crippen LogP contribution in [-0.2, 0) is 14.0 Å². The molecule has 0 rings (SSSR count). The molecule has 14 heavy (non-hydrogen) atoms. The van der Waals surface area contributed by atoms with Crippen LogP contribution in [0.4, 0.5) is 0 Å². The first-order valence-corrected chi connectivity index (χ1v) is 8.13. The van der Waals surface area contributed by atoms with Gasteiger partial charge in [-0.2, -0.15) is 0 Å². The van der Waals surface area contributed by atoms with Gasteiger partial charge in [-0.25, -0.2) is 0 Å². The molecule has 0 aliphatic rings. The molecule has 1 unspecified atom stereocenters. The van der Waals surface area contributed by atoms with Crippen LogP contribution >= 0.6 is 0 Å². The highest BCUT2D eigenvalue weighted by atomic mass is 28.4. The second-order valence-corrected chi connectivity index (χ2v) is 8.55. The molecule has 0 spiro atoms. The summed E-state index contributed by atoms with van der Waals surface area (Å²) in [7, 11) is -0.277. The number of hydrogen-bond acceptors (Lipinski definition) is 3. The summed E-state index contributed by atoms with van der Waals surface area (Å²) in [5, 5.41) is 0. The quantitative estimate of drug-likeness (QED) is 0.296. The summed E-state index contributed by atoms with van der Waals surface area (Å²) >= 11 is 0. The third kappa shape index (κ3) is 4.69. The van der Waals surface area contributed by atoms with Crippen molar-refractivity contribution in [3.63, 3.8) is 0 Å². The van der Waals surface area contributed by atoms with Gasteiger partial charge in [-0.3, -0.25) is 4.79 Å². The first-order chi connectivity index (χ1) is 6.39. The van der Waals surface area contributed by atoms with Crippen molar-refractivity contribution in [1.29, 1.82) is 0 Å². The van der Waals surface area contributed by atoms with Crippen molar-refractivity contribution in [2.75, 3.05) is 7.11 Å². The van der Waals surface area contributed by atoms with Crippen molar-refractivity contribution in [2.45, 2.75) is 38.8 Å². The molecule has 0 aromatic rings. The Bertz CT molecular complexity index is 208. The SMILES string of the molecule is C/C=C/CC(C=O)(OC)O[Si](C)(C)C. The van der Waals surface area contributed by atoms with Gasteiger partial charge < -0.3 is 9.16 Å². The molecule has 0 bridgehead atoms. The van der Waals surface area contributed by atoms with E-state index in [2.05, 4.69) is 0 Å². The van der Waals surface area contributed by atoms with Gasteiger partial charge in [0.1, 0.15) is 0 Å². The molecular formula is C10H20O3Si. The summed E-state index contributed by atoms with van der Waals surface area (Å²) in [6.45, 7) is 7.99. The Morgan fingerprint density at radius 1 is 1.36 bits per heavy atom. The second kappa shape index (κ2) is 5.43. The molecule has 0 aliphatic carbocycles. The van der Waals surface area contributed by atoms with E-state index < -0.39 is 14.1 Å². The highest BCUT2D eigenvalue weighted by Crippen LogP contribution is 2.21. The molecular weight excluding hydrogens is 196 g/mol. The van der Waals surface area contributed by atoms with Crippen LogP contribution in [0.2, 0.25) is 19.6 Å². The lowest BCUT2D eigenvalue weighted by atomic mass is 10.2. The van der Waals surface area contributed by atoms with Crippen LogP contribution in [0.25, 0.3) is 0 Å². The van der Waals surface area contributed by atoms with E-state index in [0.29, 0.717) is 6.42 Å². The Balaban J connectivity index is 4.61. The van der Waals surface area contributed by atoms with Gasteiger partial charge in [0, 0.05) is 13.5 Å². The lowest BCUT2D eigenvalue weighted by Gasteiger charge is -2.32. The number of aldehydes is 1. The average Bonchev–Trinajstić information content (AvgIpc) is 2.10. The molecule has 0 N–H and O–H groups in total. The van der Waals surface area contributed by atoms with Crippen molar-refractivity contribution in [1.82, 2.24) is 0 Å². The predicted octanol–water partition coefficient (Wildman–Crippen LogP) is 2.35. The molecule has 0 amide bonds. The number of ether oxygens (including phenoxy) is 1. The van der Waals surface area contributed by atoms with Crippen LogP contribution < -0.4 is 0 Å². The molecule has 0 heterocycles. The maximum absolute atomic E-state index is 11.0. The molecule has 0 aromatic heterocycles. The van der Waals surface area contributed by atoms with Crippen molar-refractivity contribution in [3.05, 3.63) is 12.2 Å². The third-order valence-corrected chi connectivity index (χ3v) is 2.60. The summed E-state index contributed by atoms with van der Waals surface area (Å²) < 4.78 is 10.9. The van der Waals surface area contributed by atoms with Crippen molar-refractivity contribution in [3.8, 4) is 0 Å². The van der Waals surface area contributed by atoms with Gasteiger partial charge in [-0.1, -0.05) is 12.2 Å². The molecule has 0 aromatic carbocycles. The van der Waals surface area contributed by atoms with Crippen molar-refractivity contribution >= 4 is 14.6 Å². The molecule has 0 radical (unpaired) electrons. The van der Waals surface area contributed by atoms with Crippen LogP contribution in [0.3, 0.4) is 0 Å². The Hall–Kier alpha value is -0.453. The van der Waals surface area contributed by atoms with E-state index in [1.54, 1.807) is 0 Å². The zero-order chi connectivity index (χ0) is 11.2. The predicted molar refractivity (Wildman–Crippen MR) is 59.7 cm³/mol. The van der Waals surface area contributed by atoms with E-state index in [1.807, 2.05) is 38.7 Å². The minimum atomic E-state index is -1.77. The first kappa shape index (κ1) is 13.5. The van der Waals surface area contributed by atoms with E-state index in [9.17, 15) is 4.79 Å². The maximum Gasteiger partial charge on any atom is 0.219 e. The van der Waals surface area contributed by atoms with Gasteiger partial charge >= 0.3 is 0 Å². The topological polar surface area (TPSA) is 35.5 Å². The lowest BCUT2D eigenvalue weighted by Crippen LogP contribution is -2.45. The summed E-state index contributed by atoms with van der Waals surface area (Å²) in [5.74, 6) is -1.09. The van der Waals surface area contributed by atoms with Crippen LogP contribution in [0.5, 0.6) is 0 Å². The number of hydrogen-bond donors (Lipinski definition) is 0. The smallest absolute Gasteiger partial charge is 0.219 e. The highest BCUT2D eigenvalue weighted by molar-refractivity contribution is 6.69. The zero-order valence-electron chi connectivity index (χ0n) is 9.66. The number of rotatable bonds is 6. The van der Waals surface area contributed by atoms with E-state index in [1.165, 1.54) is 7.11 Å². The standard InChI is InChI=1S/C10H20O3Si/c1-6-7-8-10(9-11,12-2)13-14(3,4)5/h6-7,9H,8H2,1-5H3/b7-6+.